The summed E-state index contributed by atoms with van der Waals surface area (Å²) < 4.78 is 23.5. The Balaban J connectivity index is 1.82. The predicted octanol–water partition coefficient (Wildman–Crippen LogP) is 2.08. The molecule has 0 saturated heterocycles. The Hall–Kier alpha value is -2.67. The van der Waals surface area contributed by atoms with Gasteiger partial charge >= 0.3 is 5.97 Å². The fraction of sp³-hybridized carbons (Fsp3) is 0.263. The molecule has 0 fully saturated rings. The summed E-state index contributed by atoms with van der Waals surface area (Å²) in [7, 11) is -3.23. The Bertz CT molecular complexity index is 871. The SMILES string of the molecule is CCS(=O)(=O)c1ccc(CC(=O)NCCc2ccc(C(=O)O)cc2)cc1. The summed E-state index contributed by atoms with van der Waals surface area (Å²) in [5.74, 6) is -1.08. The monoisotopic (exact) mass is 375 g/mol. The van der Waals surface area contributed by atoms with Crippen LogP contribution in [0.25, 0.3) is 0 Å². The van der Waals surface area contributed by atoms with Gasteiger partial charge in [-0.2, -0.15) is 0 Å². The van der Waals surface area contributed by atoms with Gasteiger partial charge in [-0.3, -0.25) is 4.79 Å². The number of rotatable bonds is 8. The maximum Gasteiger partial charge on any atom is 0.335 e. The van der Waals surface area contributed by atoms with Crippen molar-refractivity contribution >= 4 is 21.7 Å². The highest BCUT2D eigenvalue weighted by atomic mass is 32.2. The van der Waals surface area contributed by atoms with Crippen molar-refractivity contribution in [3.8, 4) is 0 Å². The summed E-state index contributed by atoms with van der Waals surface area (Å²) in [6.07, 6.45) is 0.768. The van der Waals surface area contributed by atoms with Gasteiger partial charge < -0.3 is 10.4 Å². The minimum atomic E-state index is -3.23. The van der Waals surface area contributed by atoms with Crippen molar-refractivity contribution in [2.45, 2.75) is 24.7 Å². The molecule has 2 rings (SSSR count). The maximum atomic E-state index is 12.0. The summed E-state index contributed by atoms with van der Waals surface area (Å²) >= 11 is 0. The van der Waals surface area contributed by atoms with Crippen LogP contribution in [0, 0.1) is 0 Å². The van der Waals surface area contributed by atoms with Gasteiger partial charge in [0.15, 0.2) is 9.84 Å². The first-order chi connectivity index (χ1) is 12.3. The van der Waals surface area contributed by atoms with Crippen LogP contribution < -0.4 is 5.32 Å². The number of carbonyl (C=O) groups is 2. The van der Waals surface area contributed by atoms with Gasteiger partial charge in [0, 0.05) is 6.54 Å². The van der Waals surface area contributed by atoms with Crippen LogP contribution in [-0.2, 0) is 27.5 Å². The topological polar surface area (TPSA) is 101 Å². The number of carbonyl (C=O) groups excluding carboxylic acids is 1. The van der Waals surface area contributed by atoms with Crippen molar-refractivity contribution < 1.29 is 23.1 Å². The zero-order valence-corrected chi connectivity index (χ0v) is 15.3. The number of carboxylic acid groups (broad SMARTS) is 1. The van der Waals surface area contributed by atoms with Crippen molar-refractivity contribution in [1.29, 1.82) is 0 Å². The Morgan fingerprint density at radius 1 is 0.962 bits per heavy atom. The van der Waals surface area contributed by atoms with E-state index in [1.807, 2.05) is 0 Å². The number of hydrogen-bond acceptors (Lipinski definition) is 4. The van der Waals surface area contributed by atoms with Crippen LogP contribution in [-0.4, -0.2) is 37.7 Å². The van der Waals surface area contributed by atoms with Gasteiger partial charge in [-0.15, -0.1) is 0 Å². The van der Waals surface area contributed by atoms with E-state index < -0.39 is 15.8 Å². The summed E-state index contributed by atoms with van der Waals surface area (Å²) in [6.45, 7) is 2.03. The summed E-state index contributed by atoms with van der Waals surface area (Å²) in [4.78, 5) is 23.0. The van der Waals surface area contributed by atoms with Crippen molar-refractivity contribution in [1.82, 2.24) is 5.32 Å². The first-order valence-electron chi connectivity index (χ1n) is 8.22. The second-order valence-electron chi connectivity index (χ2n) is 5.83. The van der Waals surface area contributed by atoms with E-state index in [9.17, 15) is 18.0 Å². The molecule has 0 aliphatic heterocycles. The van der Waals surface area contributed by atoms with Crippen LogP contribution in [0.1, 0.15) is 28.4 Å². The average molecular weight is 375 g/mol. The van der Waals surface area contributed by atoms with E-state index in [-0.39, 0.29) is 28.5 Å². The molecule has 2 aromatic rings. The first-order valence-corrected chi connectivity index (χ1v) is 9.87. The number of sulfone groups is 1. The summed E-state index contributed by atoms with van der Waals surface area (Å²) in [6, 6.07) is 12.8. The highest BCUT2D eigenvalue weighted by Crippen LogP contribution is 2.12. The second kappa shape index (κ2) is 8.62. The lowest BCUT2D eigenvalue weighted by molar-refractivity contribution is -0.120. The number of hydrogen-bond donors (Lipinski definition) is 2. The van der Waals surface area contributed by atoms with Crippen LogP contribution in [0.5, 0.6) is 0 Å². The number of nitrogens with one attached hydrogen (secondary N) is 1. The molecule has 0 heterocycles. The minimum absolute atomic E-state index is 0.0419. The molecular formula is C19H21NO5S. The summed E-state index contributed by atoms with van der Waals surface area (Å²) in [5.41, 5.74) is 1.90. The Labute approximate surface area is 152 Å². The number of aromatic carboxylic acids is 1. The van der Waals surface area contributed by atoms with Crippen molar-refractivity contribution in [2.75, 3.05) is 12.3 Å². The fourth-order valence-corrected chi connectivity index (χ4v) is 3.27. The Morgan fingerprint density at radius 3 is 2.08 bits per heavy atom. The van der Waals surface area contributed by atoms with Gasteiger partial charge in [0.05, 0.1) is 22.6 Å². The van der Waals surface area contributed by atoms with Gasteiger partial charge in [-0.1, -0.05) is 31.2 Å². The molecule has 7 heteroatoms. The Kier molecular flexibility index (Phi) is 6.52. The maximum absolute atomic E-state index is 12.0. The quantitative estimate of drug-likeness (QED) is 0.736. The molecule has 26 heavy (non-hydrogen) atoms. The molecule has 0 aliphatic carbocycles. The van der Waals surface area contributed by atoms with Gasteiger partial charge in [0.2, 0.25) is 5.91 Å². The van der Waals surface area contributed by atoms with Gasteiger partial charge in [0.25, 0.3) is 0 Å². The normalized spacial score (nSPS) is 11.1. The van der Waals surface area contributed by atoms with Crippen LogP contribution in [0.15, 0.2) is 53.4 Å². The molecule has 0 atom stereocenters. The minimum Gasteiger partial charge on any atom is -0.478 e. The first kappa shape index (κ1) is 19.7. The molecule has 0 unspecified atom stereocenters. The van der Waals surface area contributed by atoms with Crippen LogP contribution in [0.4, 0.5) is 0 Å². The highest BCUT2D eigenvalue weighted by Gasteiger charge is 2.11. The van der Waals surface area contributed by atoms with E-state index in [0.29, 0.717) is 13.0 Å². The van der Waals surface area contributed by atoms with Crippen molar-refractivity contribution in [3.63, 3.8) is 0 Å². The average Bonchev–Trinajstić information content (AvgIpc) is 2.62. The lowest BCUT2D eigenvalue weighted by atomic mass is 10.1. The largest absolute Gasteiger partial charge is 0.478 e. The zero-order valence-electron chi connectivity index (χ0n) is 14.4. The highest BCUT2D eigenvalue weighted by molar-refractivity contribution is 7.91. The van der Waals surface area contributed by atoms with E-state index in [2.05, 4.69) is 5.32 Å². The number of amides is 1. The fourth-order valence-electron chi connectivity index (χ4n) is 2.39. The molecule has 2 N–H and O–H groups in total. The van der Waals surface area contributed by atoms with Crippen LogP contribution in [0.2, 0.25) is 0 Å². The van der Waals surface area contributed by atoms with Crippen molar-refractivity contribution in [3.05, 3.63) is 65.2 Å². The van der Waals surface area contributed by atoms with E-state index in [1.165, 1.54) is 24.3 Å². The zero-order chi connectivity index (χ0) is 19.2. The van der Waals surface area contributed by atoms with Gasteiger partial charge in [-0.05, 0) is 41.8 Å². The van der Waals surface area contributed by atoms with E-state index >= 15 is 0 Å². The van der Waals surface area contributed by atoms with Gasteiger partial charge in [-0.25, -0.2) is 13.2 Å². The molecular weight excluding hydrogens is 354 g/mol. The third kappa shape index (κ3) is 5.42. The summed E-state index contributed by atoms with van der Waals surface area (Å²) in [5, 5.41) is 11.6. The standard InChI is InChI=1S/C19H21NO5S/c1-2-26(24,25)17-9-5-15(6-10-17)13-18(21)20-12-11-14-3-7-16(8-4-14)19(22)23/h3-10H,2,11-13H2,1H3,(H,20,21)(H,22,23). The molecule has 0 aliphatic rings. The molecule has 0 spiro atoms. The molecule has 138 valence electrons. The smallest absolute Gasteiger partial charge is 0.335 e. The van der Waals surface area contributed by atoms with Crippen LogP contribution >= 0.6 is 0 Å². The molecule has 0 bridgehead atoms. The molecule has 0 aromatic heterocycles. The van der Waals surface area contributed by atoms with Crippen molar-refractivity contribution in [2.24, 2.45) is 0 Å². The predicted molar refractivity (Wildman–Crippen MR) is 98.0 cm³/mol. The molecule has 0 saturated carbocycles. The van der Waals surface area contributed by atoms with E-state index in [0.717, 1.165) is 11.1 Å². The number of benzene rings is 2. The van der Waals surface area contributed by atoms with E-state index in [4.69, 9.17) is 5.11 Å². The molecule has 1 amide bonds. The lowest BCUT2D eigenvalue weighted by Gasteiger charge is -2.07. The third-order valence-corrected chi connectivity index (χ3v) is 5.71. The van der Waals surface area contributed by atoms with Gasteiger partial charge in [0.1, 0.15) is 0 Å². The Morgan fingerprint density at radius 2 is 1.54 bits per heavy atom. The van der Waals surface area contributed by atoms with E-state index in [1.54, 1.807) is 31.2 Å². The molecule has 0 radical (unpaired) electrons. The lowest BCUT2D eigenvalue weighted by Crippen LogP contribution is -2.27. The second-order valence-corrected chi connectivity index (χ2v) is 8.10. The third-order valence-electron chi connectivity index (χ3n) is 3.96. The molecule has 2 aromatic carbocycles. The number of carboxylic acids is 1. The molecule has 6 nitrogen and oxygen atoms in total. The van der Waals surface area contributed by atoms with Crippen LogP contribution in [0.3, 0.4) is 0 Å².